The first-order valence-electron chi connectivity index (χ1n) is 10.2. The van der Waals surface area contributed by atoms with Crippen LogP contribution in [0.15, 0.2) is 58.7 Å². The average molecular weight is 411 g/mol. The van der Waals surface area contributed by atoms with Gasteiger partial charge in [-0.25, -0.2) is 4.79 Å². The van der Waals surface area contributed by atoms with Gasteiger partial charge in [0.1, 0.15) is 0 Å². The van der Waals surface area contributed by atoms with Gasteiger partial charge in [0, 0.05) is 34.7 Å². The lowest BCUT2D eigenvalue weighted by Gasteiger charge is -2.18. The molecule has 0 aromatic carbocycles. The Labute approximate surface area is 177 Å². The molecule has 0 spiro atoms. The van der Waals surface area contributed by atoms with Gasteiger partial charge in [0.25, 0.3) is 0 Å². The quantitative estimate of drug-likeness (QED) is 0.250. The number of rotatable bonds is 10. The number of aryl methyl sites for hydroxylation is 1. The van der Waals surface area contributed by atoms with E-state index in [1.54, 1.807) is 27.0 Å². The molecule has 0 unspecified atom stereocenters. The second-order valence-electron chi connectivity index (χ2n) is 7.17. The van der Waals surface area contributed by atoms with Crippen molar-refractivity contribution in [3.8, 4) is 0 Å². The smallest absolute Gasteiger partial charge is 0.334 e. The minimum atomic E-state index is -0.462. The van der Waals surface area contributed by atoms with E-state index in [0.29, 0.717) is 17.6 Å². The number of carbonyl (C=O) groups excluding carboxylic acids is 3. The maximum Gasteiger partial charge on any atom is 0.334 e. The van der Waals surface area contributed by atoms with E-state index in [1.165, 1.54) is 18.7 Å². The fourth-order valence-corrected chi connectivity index (χ4v) is 3.39. The average Bonchev–Trinajstić information content (AvgIpc) is 2.75. The molecule has 0 saturated carbocycles. The molecule has 2 rings (SSSR count). The molecule has 0 bridgehead atoms. The molecule has 0 aliphatic heterocycles. The van der Waals surface area contributed by atoms with E-state index >= 15 is 0 Å². The third-order valence-corrected chi connectivity index (χ3v) is 5.07. The third-order valence-electron chi connectivity index (χ3n) is 5.07. The summed E-state index contributed by atoms with van der Waals surface area (Å²) in [5.74, 6) is -1.07. The van der Waals surface area contributed by atoms with Crippen LogP contribution in [-0.4, -0.2) is 36.2 Å². The number of hydrogen-bond acceptors (Lipinski definition) is 6. The summed E-state index contributed by atoms with van der Waals surface area (Å²) in [5, 5.41) is 0. The van der Waals surface area contributed by atoms with Crippen molar-refractivity contribution in [3.63, 3.8) is 0 Å². The Bertz CT molecular complexity index is 893. The maximum absolute atomic E-state index is 12.8. The van der Waals surface area contributed by atoms with Gasteiger partial charge in [0.15, 0.2) is 11.5 Å². The maximum atomic E-state index is 12.8. The molecule has 6 heteroatoms. The molecule has 0 N–H and O–H groups in total. The summed E-state index contributed by atoms with van der Waals surface area (Å²) in [6, 6.07) is 3.96. The van der Waals surface area contributed by atoms with E-state index in [4.69, 9.17) is 9.47 Å². The molecule has 1 heterocycles. The van der Waals surface area contributed by atoms with E-state index < -0.39 is 5.97 Å². The zero-order chi connectivity index (χ0) is 22.1. The summed E-state index contributed by atoms with van der Waals surface area (Å²) in [4.78, 5) is 41.8. The molecular formula is C24H29NO5. The molecule has 160 valence electrons. The lowest BCUT2D eigenvalue weighted by atomic mass is 9.88. The van der Waals surface area contributed by atoms with Crippen LogP contribution in [0.1, 0.15) is 52.0 Å². The zero-order valence-electron chi connectivity index (χ0n) is 18.1. The molecule has 0 radical (unpaired) electrons. The summed E-state index contributed by atoms with van der Waals surface area (Å²) in [7, 11) is 1.36. The lowest BCUT2D eigenvalue weighted by molar-refractivity contribution is -0.138. The molecule has 1 aliphatic rings. The van der Waals surface area contributed by atoms with Crippen molar-refractivity contribution in [1.82, 2.24) is 4.98 Å². The molecule has 0 saturated heterocycles. The molecule has 6 nitrogen and oxygen atoms in total. The number of carbonyl (C=O) groups is 3. The number of ketones is 2. The Morgan fingerprint density at radius 3 is 2.50 bits per heavy atom. The summed E-state index contributed by atoms with van der Waals surface area (Å²) >= 11 is 0. The zero-order valence-corrected chi connectivity index (χ0v) is 18.1. The Balaban J connectivity index is 2.12. The van der Waals surface area contributed by atoms with E-state index in [-0.39, 0.29) is 35.1 Å². The van der Waals surface area contributed by atoms with E-state index in [0.717, 1.165) is 25.7 Å². The van der Waals surface area contributed by atoms with Crippen LogP contribution in [0.2, 0.25) is 0 Å². The van der Waals surface area contributed by atoms with Gasteiger partial charge in [0.05, 0.1) is 13.7 Å². The first-order valence-corrected chi connectivity index (χ1v) is 10.2. The highest BCUT2D eigenvalue weighted by molar-refractivity contribution is 6.25. The summed E-state index contributed by atoms with van der Waals surface area (Å²) in [5.41, 5.74) is 2.37. The van der Waals surface area contributed by atoms with Crippen LogP contribution in [0, 0.1) is 0 Å². The number of pyridine rings is 1. The molecular weight excluding hydrogens is 382 g/mol. The predicted octanol–water partition coefficient (Wildman–Crippen LogP) is 4.06. The van der Waals surface area contributed by atoms with Crippen molar-refractivity contribution in [3.05, 3.63) is 64.2 Å². The second-order valence-corrected chi connectivity index (χ2v) is 7.17. The largest absolute Gasteiger partial charge is 0.492 e. The van der Waals surface area contributed by atoms with E-state index in [2.05, 4.69) is 4.98 Å². The van der Waals surface area contributed by atoms with Gasteiger partial charge in [-0.05, 0) is 64.2 Å². The number of nitrogens with zero attached hydrogens (tertiary/aromatic N) is 1. The van der Waals surface area contributed by atoms with Crippen LogP contribution in [-0.2, 0) is 30.3 Å². The predicted molar refractivity (Wildman–Crippen MR) is 114 cm³/mol. The molecule has 0 amide bonds. The number of esters is 1. The summed E-state index contributed by atoms with van der Waals surface area (Å²) < 4.78 is 10.3. The molecule has 1 aromatic heterocycles. The second kappa shape index (κ2) is 11.2. The number of methoxy groups -OCH3 is 1. The Morgan fingerprint density at radius 2 is 1.87 bits per heavy atom. The summed E-state index contributed by atoms with van der Waals surface area (Å²) in [6.07, 6.45) is 9.15. The Kier molecular flexibility index (Phi) is 8.71. The highest BCUT2D eigenvalue weighted by Crippen LogP contribution is 2.27. The fourth-order valence-electron chi connectivity index (χ4n) is 3.39. The summed E-state index contributed by atoms with van der Waals surface area (Å²) in [6.45, 7) is 5.14. The molecule has 1 aliphatic carbocycles. The monoisotopic (exact) mass is 411 g/mol. The fraction of sp³-hybridized carbons (Fsp3) is 0.417. The van der Waals surface area contributed by atoms with Crippen LogP contribution in [0.5, 0.6) is 0 Å². The van der Waals surface area contributed by atoms with Gasteiger partial charge in [-0.3, -0.25) is 14.6 Å². The minimum Gasteiger partial charge on any atom is -0.492 e. The molecule has 30 heavy (non-hydrogen) atoms. The SMILES string of the molecule is CCOC(=O)C(=CC1=C(C)C(=O)C(C)=C(OC)C1=O)CCCCCc1cccnc1. The lowest BCUT2D eigenvalue weighted by Crippen LogP contribution is -2.23. The number of unbranched alkanes of at least 4 members (excludes halogenated alkanes) is 2. The van der Waals surface area contributed by atoms with Crippen molar-refractivity contribution in [2.45, 2.75) is 52.9 Å². The number of aromatic nitrogens is 1. The highest BCUT2D eigenvalue weighted by atomic mass is 16.5. The van der Waals surface area contributed by atoms with Crippen molar-refractivity contribution in [2.75, 3.05) is 13.7 Å². The number of ether oxygens (including phenoxy) is 2. The van der Waals surface area contributed by atoms with Gasteiger partial charge in [-0.15, -0.1) is 0 Å². The number of Topliss-reactive ketones (excluding diaryl/α,β-unsaturated/α-hetero) is 2. The van der Waals surface area contributed by atoms with Gasteiger partial charge < -0.3 is 9.47 Å². The topological polar surface area (TPSA) is 82.6 Å². The van der Waals surface area contributed by atoms with Crippen molar-refractivity contribution in [2.24, 2.45) is 0 Å². The van der Waals surface area contributed by atoms with Gasteiger partial charge in [0.2, 0.25) is 5.78 Å². The van der Waals surface area contributed by atoms with Crippen molar-refractivity contribution in [1.29, 1.82) is 0 Å². The Morgan fingerprint density at radius 1 is 1.10 bits per heavy atom. The van der Waals surface area contributed by atoms with Gasteiger partial charge in [-0.2, -0.15) is 0 Å². The third kappa shape index (κ3) is 5.75. The first kappa shape index (κ1) is 23.3. The normalized spacial score (nSPS) is 15.0. The number of hydrogen-bond donors (Lipinski definition) is 0. The van der Waals surface area contributed by atoms with E-state index in [9.17, 15) is 14.4 Å². The van der Waals surface area contributed by atoms with Gasteiger partial charge in [-0.1, -0.05) is 12.5 Å². The highest BCUT2D eigenvalue weighted by Gasteiger charge is 2.31. The number of allylic oxidation sites excluding steroid dienone is 4. The van der Waals surface area contributed by atoms with Crippen LogP contribution in [0.4, 0.5) is 0 Å². The van der Waals surface area contributed by atoms with E-state index in [1.807, 2.05) is 18.3 Å². The standard InChI is InChI=1S/C24H29NO5/c1-5-30-24(28)19(12-8-6-7-10-18-11-9-13-25-15-18)14-20-16(2)21(26)17(3)23(29-4)22(20)27/h9,11,13-15H,5-8,10,12H2,1-4H3. The van der Waals surface area contributed by atoms with Crippen LogP contribution >= 0.6 is 0 Å². The van der Waals surface area contributed by atoms with Crippen molar-refractivity contribution < 1.29 is 23.9 Å². The van der Waals surface area contributed by atoms with Crippen molar-refractivity contribution >= 4 is 17.5 Å². The Hall–Kier alpha value is -3.02. The van der Waals surface area contributed by atoms with Crippen LogP contribution in [0.25, 0.3) is 0 Å². The minimum absolute atomic E-state index is 0.0246. The van der Waals surface area contributed by atoms with Gasteiger partial charge >= 0.3 is 5.97 Å². The molecule has 0 fully saturated rings. The van der Waals surface area contributed by atoms with Crippen LogP contribution < -0.4 is 0 Å². The van der Waals surface area contributed by atoms with Crippen LogP contribution in [0.3, 0.4) is 0 Å². The first-order chi connectivity index (χ1) is 14.4. The molecule has 1 aromatic rings. The molecule has 0 atom stereocenters.